The van der Waals surface area contributed by atoms with Gasteiger partial charge in [-0.05, 0) is 126 Å². The average Bonchev–Trinajstić information content (AvgIpc) is 1.57. The van der Waals surface area contributed by atoms with Gasteiger partial charge in [0.15, 0.2) is 0 Å². The molecule has 0 aliphatic carbocycles. The maximum atomic E-state index is 14.3. The van der Waals surface area contributed by atoms with Crippen LogP contribution >= 0.6 is 23.2 Å². The number of carbonyl (C=O) groups excluding carboxylic acids is 9. The van der Waals surface area contributed by atoms with Crippen molar-refractivity contribution < 1.29 is 105 Å². The molecule has 5 amide bonds. The monoisotopic (exact) mass is 1620 g/mol. The quantitative estimate of drug-likeness (QED) is 0.0341. The first-order chi connectivity index (χ1) is 53.6. The number of hydrogen-bond acceptors (Lipinski definition) is 24. The molecule has 6 heterocycles. The Morgan fingerprint density at radius 1 is 0.596 bits per heavy atom. The van der Waals surface area contributed by atoms with Gasteiger partial charge in [0.05, 0.1) is 81.8 Å². The summed E-state index contributed by atoms with van der Waals surface area (Å²) >= 11 is 13.6. The highest BCUT2D eigenvalue weighted by Crippen LogP contribution is 2.52. The third kappa shape index (κ3) is 19.2. The highest BCUT2D eigenvalue weighted by molar-refractivity contribution is 6.36. The lowest BCUT2D eigenvalue weighted by Crippen LogP contribution is -2.53. The van der Waals surface area contributed by atoms with Crippen LogP contribution < -0.4 is 40.8 Å². The van der Waals surface area contributed by atoms with Crippen LogP contribution in [-0.4, -0.2) is 228 Å². The summed E-state index contributed by atoms with van der Waals surface area (Å²) in [7, 11) is 14.7. The SMILES string of the molecule is CNC(=O)c1cc(C(=O)N(C)[C@@H](C)C(=O)O[C@H]2CC(=O)N(C)c3cc(cc(OC)c3Cl)C/C(C)=C/C=C/[C@@H](OC)[C@]3(O)CC(=O)O[C@@H](C3)[C@@H](C)[C@@H]3O[C@@]23C)ccc1N.COc1cc(C(=O)N(C)[C@@H](C)C(=O)O[C@H]2CC(=O)N(C)c3cc(cc(OC)c3Cl)C/C(C)=C/C=C/[C@@H](OC)[C@]3(O)CC(=O)O[C@@H](C3)[C@@H](C)[C@@H]3O[C@@]23C)ccc1N. The molecule has 7 N–H and O–H groups in total. The first kappa shape index (κ1) is 88.4. The molecular formula is C83H105Cl2N7O22. The third-order valence-electron chi connectivity index (χ3n) is 22.7. The molecule has 16 atom stereocenters. The number of nitrogens with one attached hydrogen (secondary N) is 1. The Labute approximate surface area is 674 Å². The van der Waals surface area contributed by atoms with Crippen molar-refractivity contribution in [3.05, 3.63) is 146 Å². The number of carbonyl (C=O) groups is 9. The Morgan fingerprint density at radius 3 is 1.36 bits per heavy atom. The van der Waals surface area contributed by atoms with E-state index in [0.29, 0.717) is 47.2 Å². The minimum Gasteiger partial charge on any atom is -0.495 e. The van der Waals surface area contributed by atoms with Gasteiger partial charge in [0.25, 0.3) is 17.7 Å². The number of nitrogen functional groups attached to an aromatic ring is 2. The fourth-order valence-corrected chi connectivity index (χ4v) is 15.8. The Morgan fingerprint density at radius 2 is 0.982 bits per heavy atom. The number of amides is 5. The number of nitrogens with two attached hydrogens (primary N) is 2. The van der Waals surface area contributed by atoms with Crippen LogP contribution in [0.4, 0.5) is 22.7 Å². The van der Waals surface area contributed by atoms with Crippen LogP contribution in [0.2, 0.25) is 10.0 Å². The van der Waals surface area contributed by atoms with E-state index in [2.05, 4.69) is 5.32 Å². The van der Waals surface area contributed by atoms with Crippen molar-refractivity contribution in [2.45, 2.75) is 190 Å². The standard InChI is InChI=1S/C42H53ClN4O11.C41H52ClN3O11/c1-22-11-10-12-32(55-9)42(53)20-31(56-35(49)21-42)23(2)37-41(4,58-37)33(19-34(48)47(7)29-16-25(15-22)17-30(54-8)36(29)43)57-40(52)24(3)46(6)39(51)26-13-14-28(44)27(18-26)38(50)45-5;1-22-11-10-12-32(53-9)41(50)20-31(54-35(47)21-41)23(2)37-40(4,56-37)33(19-34(46)45(6)28-16-25(15-22)17-30(52-8)36(28)42)55-39(49)24(3)44(5)38(48)26-13-14-27(43)29(18-26)51-7/h10-14,16-18,23-24,31-33,37,53H,15,19-21,44H2,1-9H3,(H,45,50);10-14,16-18,23-24,31-33,37,50H,15,19-21,43H2,1-9H3/b2*12-10+,22-11+/t23-,24+,31+,32-,33+,37+,41+,42-;23-,24+,31+,32-,33+,37+,40+,41-/m11/s1. The molecule has 114 heavy (non-hydrogen) atoms. The summed E-state index contributed by atoms with van der Waals surface area (Å²) in [5.74, 6) is -5.38. The second kappa shape index (κ2) is 36.1. The Hall–Kier alpha value is -9.59. The Balaban J connectivity index is 0.000000261. The molecule has 0 spiro atoms. The van der Waals surface area contributed by atoms with Gasteiger partial charge in [0.2, 0.25) is 11.8 Å². The van der Waals surface area contributed by atoms with Gasteiger partial charge in [-0.15, -0.1) is 0 Å². The molecule has 0 aromatic heterocycles. The van der Waals surface area contributed by atoms with E-state index in [0.717, 1.165) is 27.2 Å². The second-order valence-electron chi connectivity index (χ2n) is 30.6. The lowest BCUT2D eigenvalue weighted by molar-refractivity contribution is -0.188. The highest BCUT2D eigenvalue weighted by Gasteiger charge is 2.66. The number of hydrogen-bond donors (Lipinski definition) is 5. The van der Waals surface area contributed by atoms with Gasteiger partial charge in [0, 0.05) is 90.9 Å². The van der Waals surface area contributed by atoms with Crippen LogP contribution in [-0.2, 0) is 79.5 Å². The molecule has 4 aromatic rings. The van der Waals surface area contributed by atoms with Crippen LogP contribution in [0.1, 0.15) is 136 Å². The molecule has 4 saturated heterocycles. The van der Waals surface area contributed by atoms with Crippen molar-refractivity contribution in [1.29, 1.82) is 0 Å². The van der Waals surface area contributed by atoms with Gasteiger partial charge >= 0.3 is 23.9 Å². The van der Waals surface area contributed by atoms with E-state index in [1.54, 1.807) is 83.4 Å². The molecular weight excluding hydrogens is 1520 g/mol. The summed E-state index contributed by atoms with van der Waals surface area (Å²) in [6, 6.07) is 13.6. The van der Waals surface area contributed by atoms with Crippen molar-refractivity contribution >= 4 is 99.4 Å². The normalized spacial score (nSPS) is 29.8. The van der Waals surface area contributed by atoms with E-state index in [9.17, 15) is 53.4 Å². The van der Waals surface area contributed by atoms with Gasteiger partial charge in [-0.2, -0.15) is 0 Å². The number of esters is 4. The molecule has 8 bridgehead atoms. The molecule has 10 rings (SSSR count). The lowest BCUT2D eigenvalue weighted by Gasteiger charge is -2.41. The summed E-state index contributed by atoms with van der Waals surface area (Å²) < 4.78 is 64.2. The lowest BCUT2D eigenvalue weighted by atomic mass is 9.78. The first-order valence-corrected chi connectivity index (χ1v) is 38.1. The van der Waals surface area contributed by atoms with Crippen molar-refractivity contribution in [3.8, 4) is 17.2 Å². The van der Waals surface area contributed by atoms with E-state index >= 15 is 0 Å². The van der Waals surface area contributed by atoms with Gasteiger partial charge < -0.3 is 98.7 Å². The first-order valence-electron chi connectivity index (χ1n) is 37.3. The predicted octanol–water partition coefficient (Wildman–Crippen LogP) is 8.69. The zero-order valence-corrected chi connectivity index (χ0v) is 69.1. The average molecular weight is 1620 g/mol. The van der Waals surface area contributed by atoms with Crippen molar-refractivity contribution in [3.63, 3.8) is 0 Å². The fraction of sp³-hybridized carbons (Fsp3) is 0.506. The third-order valence-corrected chi connectivity index (χ3v) is 23.4. The molecule has 6 aliphatic heterocycles. The van der Waals surface area contributed by atoms with Crippen LogP contribution in [0, 0.1) is 11.8 Å². The summed E-state index contributed by atoms with van der Waals surface area (Å²) in [5.41, 5.74) is 11.3. The number of halogens is 2. The van der Waals surface area contributed by atoms with Crippen LogP contribution in [0.25, 0.3) is 0 Å². The summed E-state index contributed by atoms with van der Waals surface area (Å²) in [4.78, 5) is 127. The molecule has 4 fully saturated rings. The van der Waals surface area contributed by atoms with Gasteiger partial charge in [-0.1, -0.05) is 84.7 Å². The van der Waals surface area contributed by atoms with Crippen molar-refractivity contribution in [2.75, 3.05) is 92.1 Å². The van der Waals surface area contributed by atoms with Crippen LogP contribution in [0.3, 0.4) is 0 Å². The zero-order chi connectivity index (χ0) is 84.1. The number of benzene rings is 4. The predicted molar refractivity (Wildman–Crippen MR) is 424 cm³/mol. The van der Waals surface area contributed by atoms with E-state index in [1.807, 2.05) is 32.9 Å². The molecule has 0 radical (unpaired) electrons. The van der Waals surface area contributed by atoms with Gasteiger partial charge in [0.1, 0.15) is 98.4 Å². The summed E-state index contributed by atoms with van der Waals surface area (Å²) in [6.07, 6.45) is 3.26. The number of anilines is 4. The van der Waals surface area contributed by atoms with Crippen molar-refractivity contribution in [2.24, 2.45) is 11.8 Å². The Kier molecular flexibility index (Phi) is 28.0. The largest absolute Gasteiger partial charge is 0.495 e. The maximum absolute atomic E-state index is 14.3. The number of ether oxygens (including phenoxy) is 11. The number of fused-ring (bicyclic) bond motifs is 10. The highest BCUT2D eigenvalue weighted by atomic mass is 35.5. The van der Waals surface area contributed by atoms with E-state index in [1.165, 1.54) is 122 Å². The summed E-state index contributed by atoms with van der Waals surface area (Å²) in [5, 5.41) is 26.7. The number of epoxide rings is 2. The topological polar surface area (TPSA) is 379 Å². The van der Waals surface area contributed by atoms with Gasteiger partial charge in [-0.25, -0.2) is 9.59 Å². The number of aliphatic hydroxyl groups is 2. The number of methoxy groups -OCH3 is 5. The van der Waals surface area contributed by atoms with E-state index in [-0.39, 0.29) is 70.9 Å². The molecule has 31 heteroatoms. The van der Waals surface area contributed by atoms with Crippen LogP contribution in [0.5, 0.6) is 17.2 Å². The molecule has 6 aliphatic rings. The maximum Gasteiger partial charge on any atom is 0.328 e. The van der Waals surface area contributed by atoms with Gasteiger partial charge in [-0.3, -0.25) is 33.6 Å². The minimum atomic E-state index is -1.61. The molecule has 0 saturated carbocycles. The molecule has 29 nitrogen and oxygen atoms in total. The molecule has 0 unspecified atom stereocenters. The van der Waals surface area contributed by atoms with E-state index < -0.39 is 149 Å². The van der Waals surface area contributed by atoms with Crippen molar-refractivity contribution in [1.82, 2.24) is 15.1 Å². The number of nitrogens with zero attached hydrogens (tertiary/aromatic N) is 4. The molecule has 618 valence electrons. The van der Waals surface area contributed by atoms with Crippen LogP contribution in [0.15, 0.2) is 108 Å². The number of likely N-dealkylation sites (N-methyl/N-ethyl adjacent to an activating group) is 2. The number of rotatable bonds is 14. The van der Waals surface area contributed by atoms with E-state index in [4.69, 9.17) is 86.8 Å². The zero-order valence-electron chi connectivity index (χ0n) is 67.6. The Bertz CT molecular complexity index is 4490. The minimum absolute atomic E-state index is 0.0222. The molecule has 4 aromatic carbocycles. The number of allylic oxidation sites excluding steroid dienone is 6. The second-order valence-corrected chi connectivity index (χ2v) is 31.4. The summed E-state index contributed by atoms with van der Waals surface area (Å²) in [6.45, 7) is 13.9. The fourth-order valence-electron chi connectivity index (χ4n) is 15.1. The smallest absolute Gasteiger partial charge is 0.328 e.